The molecular weight excluding hydrogens is 356 g/mol. The second-order valence-corrected chi connectivity index (χ2v) is 6.30. The van der Waals surface area contributed by atoms with Gasteiger partial charge in [-0.25, -0.2) is 0 Å². The molecule has 2 aromatic rings. The molecule has 0 fully saturated rings. The van der Waals surface area contributed by atoms with E-state index in [1.54, 1.807) is 4.90 Å². The molecule has 0 saturated heterocycles. The third-order valence-corrected chi connectivity index (χ3v) is 4.67. The Hall–Kier alpha value is -2.25. The van der Waals surface area contributed by atoms with Crippen LogP contribution in [0.3, 0.4) is 0 Å². The summed E-state index contributed by atoms with van der Waals surface area (Å²) in [5, 5.41) is 10.6. The second-order valence-electron chi connectivity index (χ2n) is 6.30. The zero-order valence-electron chi connectivity index (χ0n) is 14.7. The number of nitrogens with one attached hydrogen (secondary N) is 2. The quantitative estimate of drug-likeness (QED) is 0.847. The fourth-order valence-corrected chi connectivity index (χ4v) is 3.31. The number of carbonyl (C=O) groups is 1. The molecule has 1 amide bonds. The van der Waals surface area contributed by atoms with Gasteiger partial charge >= 0.3 is 0 Å². The predicted molar refractivity (Wildman–Crippen MR) is 99.2 cm³/mol. The Morgan fingerprint density at radius 1 is 1.35 bits per heavy atom. The fraction of sp³-hybridized carbons (Fsp3) is 0.444. The molecular formula is C18H23ClN4O3. The van der Waals surface area contributed by atoms with Crippen LogP contribution in [-0.2, 0) is 13.0 Å². The standard InChI is InChI=1S/C18H22N4O3.ClH/c1-2-22(10-12-11-24-15-5-3-4-6-16(15)25-12)18(23)17-13-9-19-8-7-14(13)20-21-17;/h3-6,12,19H,2,7-11H2,1H3,(H,20,21);1H. The van der Waals surface area contributed by atoms with E-state index in [0.29, 0.717) is 31.9 Å². The maximum Gasteiger partial charge on any atom is 0.274 e. The van der Waals surface area contributed by atoms with Gasteiger partial charge in [0.1, 0.15) is 6.61 Å². The summed E-state index contributed by atoms with van der Waals surface area (Å²) in [6.45, 7) is 5.05. The van der Waals surface area contributed by atoms with Gasteiger partial charge < -0.3 is 19.7 Å². The molecule has 0 saturated carbocycles. The van der Waals surface area contributed by atoms with E-state index < -0.39 is 0 Å². The van der Waals surface area contributed by atoms with E-state index in [1.165, 1.54) is 0 Å². The lowest BCUT2D eigenvalue weighted by molar-refractivity contribution is 0.0470. The first-order chi connectivity index (χ1) is 12.3. The van der Waals surface area contributed by atoms with Gasteiger partial charge in [0.15, 0.2) is 23.3 Å². The average Bonchev–Trinajstić information content (AvgIpc) is 3.09. The number of ether oxygens (including phenoxy) is 2. The monoisotopic (exact) mass is 378 g/mol. The summed E-state index contributed by atoms with van der Waals surface area (Å²) >= 11 is 0. The normalized spacial score (nSPS) is 17.8. The summed E-state index contributed by atoms with van der Waals surface area (Å²) in [5.41, 5.74) is 2.56. The lowest BCUT2D eigenvalue weighted by Crippen LogP contribution is -2.44. The zero-order chi connectivity index (χ0) is 17.2. The number of para-hydroxylation sites is 2. The highest BCUT2D eigenvalue weighted by Crippen LogP contribution is 2.31. The van der Waals surface area contributed by atoms with Crippen LogP contribution < -0.4 is 14.8 Å². The van der Waals surface area contributed by atoms with Crippen LogP contribution in [0.2, 0.25) is 0 Å². The molecule has 8 heteroatoms. The van der Waals surface area contributed by atoms with Crippen LogP contribution in [0.15, 0.2) is 24.3 Å². The van der Waals surface area contributed by atoms with Crippen LogP contribution in [0.1, 0.15) is 28.7 Å². The average molecular weight is 379 g/mol. The van der Waals surface area contributed by atoms with E-state index in [4.69, 9.17) is 9.47 Å². The smallest absolute Gasteiger partial charge is 0.274 e. The van der Waals surface area contributed by atoms with E-state index in [0.717, 1.165) is 35.7 Å². The van der Waals surface area contributed by atoms with Gasteiger partial charge in [-0.1, -0.05) is 12.1 Å². The highest BCUT2D eigenvalue weighted by atomic mass is 35.5. The maximum absolute atomic E-state index is 12.9. The second kappa shape index (κ2) is 7.97. The number of benzene rings is 1. The predicted octanol–water partition coefficient (Wildman–Crippen LogP) is 1.78. The SMILES string of the molecule is CCN(CC1COc2ccccc2O1)C(=O)c1n[nH]c2c1CNCC2.Cl. The first kappa shape index (κ1) is 18.5. The number of hydrogen-bond acceptors (Lipinski definition) is 5. The summed E-state index contributed by atoms with van der Waals surface area (Å²) in [6.07, 6.45) is 0.685. The van der Waals surface area contributed by atoms with Gasteiger partial charge in [-0.2, -0.15) is 5.10 Å². The molecule has 7 nitrogen and oxygen atoms in total. The van der Waals surface area contributed by atoms with Crippen LogP contribution in [0, 0.1) is 0 Å². The topological polar surface area (TPSA) is 79.5 Å². The molecule has 1 atom stereocenters. The van der Waals surface area contributed by atoms with Crippen molar-refractivity contribution in [2.24, 2.45) is 0 Å². The summed E-state index contributed by atoms with van der Waals surface area (Å²) < 4.78 is 11.7. The van der Waals surface area contributed by atoms with E-state index in [-0.39, 0.29) is 24.4 Å². The lowest BCUT2D eigenvalue weighted by atomic mass is 10.1. The van der Waals surface area contributed by atoms with E-state index in [1.807, 2.05) is 31.2 Å². The number of hydrogen-bond donors (Lipinski definition) is 2. The van der Waals surface area contributed by atoms with E-state index in [9.17, 15) is 4.79 Å². The van der Waals surface area contributed by atoms with Crippen molar-refractivity contribution in [2.75, 3.05) is 26.2 Å². The first-order valence-electron chi connectivity index (χ1n) is 8.71. The minimum atomic E-state index is -0.188. The highest BCUT2D eigenvalue weighted by molar-refractivity contribution is 5.94. The van der Waals surface area contributed by atoms with Gasteiger partial charge in [-0.05, 0) is 19.1 Å². The molecule has 0 aliphatic carbocycles. The first-order valence-corrected chi connectivity index (χ1v) is 8.71. The van der Waals surface area contributed by atoms with Crippen molar-refractivity contribution in [3.63, 3.8) is 0 Å². The molecule has 0 spiro atoms. The van der Waals surface area contributed by atoms with Gasteiger partial charge in [-0.3, -0.25) is 9.89 Å². The largest absolute Gasteiger partial charge is 0.486 e. The van der Waals surface area contributed by atoms with E-state index >= 15 is 0 Å². The summed E-state index contributed by atoms with van der Waals surface area (Å²) in [7, 11) is 0. The Morgan fingerprint density at radius 2 is 2.15 bits per heavy atom. The molecule has 4 rings (SSSR count). The van der Waals surface area contributed by atoms with Crippen molar-refractivity contribution in [3.8, 4) is 11.5 Å². The lowest BCUT2D eigenvalue weighted by Gasteiger charge is -2.30. The molecule has 2 aliphatic heterocycles. The van der Waals surface area contributed by atoms with Gasteiger partial charge in [0.05, 0.1) is 6.54 Å². The zero-order valence-corrected chi connectivity index (χ0v) is 15.5. The van der Waals surface area contributed by atoms with Gasteiger partial charge in [0.25, 0.3) is 5.91 Å². The number of amides is 1. The number of rotatable bonds is 4. The number of nitrogens with zero attached hydrogens (tertiary/aromatic N) is 2. The van der Waals surface area contributed by atoms with Crippen LogP contribution in [0.5, 0.6) is 11.5 Å². The maximum atomic E-state index is 12.9. The summed E-state index contributed by atoms with van der Waals surface area (Å²) in [5.74, 6) is 1.41. The molecule has 2 aliphatic rings. The molecule has 3 heterocycles. The Labute approximate surface area is 158 Å². The van der Waals surface area contributed by atoms with Crippen molar-refractivity contribution >= 4 is 18.3 Å². The van der Waals surface area contributed by atoms with Gasteiger partial charge in [-0.15, -0.1) is 12.4 Å². The third-order valence-electron chi connectivity index (χ3n) is 4.67. The molecule has 1 aromatic carbocycles. The number of fused-ring (bicyclic) bond motifs is 2. The minimum Gasteiger partial charge on any atom is -0.486 e. The Morgan fingerprint density at radius 3 is 2.96 bits per heavy atom. The van der Waals surface area contributed by atoms with Crippen molar-refractivity contribution in [1.82, 2.24) is 20.4 Å². The third kappa shape index (κ3) is 3.50. The minimum absolute atomic E-state index is 0. The summed E-state index contributed by atoms with van der Waals surface area (Å²) in [4.78, 5) is 14.7. The number of aromatic nitrogens is 2. The van der Waals surface area contributed by atoms with Gasteiger partial charge in [0.2, 0.25) is 0 Å². The summed E-state index contributed by atoms with van der Waals surface area (Å²) in [6, 6.07) is 7.60. The molecule has 0 bridgehead atoms. The van der Waals surface area contributed by atoms with Crippen molar-refractivity contribution in [2.45, 2.75) is 26.0 Å². The van der Waals surface area contributed by atoms with Crippen molar-refractivity contribution in [1.29, 1.82) is 0 Å². The van der Waals surface area contributed by atoms with Gasteiger partial charge in [0, 0.05) is 37.3 Å². The van der Waals surface area contributed by atoms with E-state index in [2.05, 4.69) is 15.5 Å². The Balaban J connectivity index is 0.00000196. The molecule has 1 unspecified atom stereocenters. The van der Waals surface area contributed by atoms with Crippen LogP contribution >= 0.6 is 12.4 Å². The number of carbonyl (C=O) groups excluding carboxylic acids is 1. The number of halogens is 1. The molecule has 140 valence electrons. The van der Waals surface area contributed by atoms with Crippen molar-refractivity contribution < 1.29 is 14.3 Å². The Kier molecular flexibility index (Phi) is 5.68. The fourth-order valence-electron chi connectivity index (χ4n) is 3.31. The highest BCUT2D eigenvalue weighted by Gasteiger charge is 2.29. The Bertz CT molecular complexity index is 780. The number of aromatic amines is 1. The molecule has 0 radical (unpaired) electrons. The van der Waals surface area contributed by atoms with Crippen LogP contribution in [0.25, 0.3) is 0 Å². The molecule has 2 N–H and O–H groups in total. The van der Waals surface area contributed by atoms with Crippen LogP contribution in [0.4, 0.5) is 0 Å². The van der Waals surface area contributed by atoms with Crippen molar-refractivity contribution in [3.05, 3.63) is 41.2 Å². The van der Waals surface area contributed by atoms with Crippen LogP contribution in [-0.4, -0.2) is 53.3 Å². The number of H-pyrrole nitrogens is 1. The molecule has 1 aromatic heterocycles. The molecule has 26 heavy (non-hydrogen) atoms. The number of likely N-dealkylation sites (N-methyl/N-ethyl adjacent to an activating group) is 1.